The first-order valence-corrected chi connectivity index (χ1v) is 6.92. The van der Waals surface area contributed by atoms with Crippen molar-refractivity contribution in [3.63, 3.8) is 0 Å². The number of anilines is 1. The van der Waals surface area contributed by atoms with Crippen LogP contribution in [0.15, 0.2) is 36.4 Å². The van der Waals surface area contributed by atoms with E-state index in [9.17, 15) is 9.59 Å². The number of para-hydroxylation sites is 1. The van der Waals surface area contributed by atoms with E-state index in [1.165, 1.54) is 36.3 Å². The highest BCUT2D eigenvalue weighted by Crippen LogP contribution is 2.38. The predicted molar refractivity (Wildman–Crippen MR) is 73.9 cm³/mol. The lowest BCUT2D eigenvalue weighted by Crippen LogP contribution is -2.31. The Morgan fingerprint density at radius 2 is 1.53 bits per heavy atom. The summed E-state index contributed by atoms with van der Waals surface area (Å²) in [6.45, 7) is 0. The van der Waals surface area contributed by atoms with E-state index in [4.69, 9.17) is 0 Å². The summed E-state index contributed by atoms with van der Waals surface area (Å²) in [5, 5.41) is 0. The van der Waals surface area contributed by atoms with E-state index < -0.39 is 0 Å². The molecule has 0 radical (unpaired) electrons. The number of carbonyl (C=O) groups is 2. The standard InChI is InChI=1S/C16H17NO2/c18-15-10-11-16(19)17(15)14-9-5-4-8-13(14)12-6-2-1-3-7-12/h4-5,8-12H,1-3,6-7H2. The van der Waals surface area contributed by atoms with Crippen LogP contribution < -0.4 is 4.90 Å². The highest BCUT2D eigenvalue weighted by molar-refractivity contribution is 6.28. The monoisotopic (exact) mass is 255 g/mol. The Morgan fingerprint density at radius 1 is 0.895 bits per heavy atom. The first kappa shape index (κ1) is 12.2. The lowest BCUT2D eigenvalue weighted by Gasteiger charge is -2.26. The van der Waals surface area contributed by atoms with Crippen LogP contribution in [0.4, 0.5) is 5.69 Å². The van der Waals surface area contributed by atoms with Gasteiger partial charge in [-0.15, -0.1) is 0 Å². The van der Waals surface area contributed by atoms with Gasteiger partial charge in [-0.2, -0.15) is 0 Å². The van der Waals surface area contributed by atoms with Crippen molar-refractivity contribution in [3.8, 4) is 0 Å². The van der Waals surface area contributed by atoms with Crippen molar-refractivity contribution >= 4 is 17.5 Å². The molecule has 0 spiro atoms. The Bertz CT molecular complexity index is 523. The molecule has 1 aromatic carbocycles. The molecule has 1 aliphatic heterocycles. The summed E-state index contributed by atoms with van der Waals surface area (Å²) in [5.74, 6) is 0.0210. The van der Waals surface area contributed by atoms with Gasteiger partial charge in [0.2, 0.25) is 0 Å². The summed E-state index contributed by atoms with van der Waals surface area (Å²) in [5.41, 5.74) is 1.92. The molecule has 3 rings (SSSR count). The van der Waals surface area contributed by atoms with Gasteiger partial charge in [0.1, 0.15) is 0 Å². The van der Waals surface area contributed by atoms with Gasteiger partial charge in [0, 0.05) is 12.2 Å². The average Bonchev–Trinajstić information content (AvgIpc) is 2.79. The molecule has 0 atom stereocenters. The van der Waals surface area contributed by atoms with Crippen LogP contribution in [0.5, 0.6) is 0 Å². The number of nitrogens with zero attached hydrogens (tertiary/aromatic N) is 1. The summed E-state index contributed by atoms with van der Waals surface area (Å²) in [6.07, 6.45) is 8.77. The third kappa shape index (κ3) is 2.21. The molecule has 0 saturated heterocycles. The van der Waals surface area contributed by atoms with Gasteiger partial charge in [0.25, 0.3) is 11.8 Å². The Kier molecular flexibility index (Phi) is 3.20. The van der Waals surface area contributed by atoms with Gasteiger partial charge in [-0.25, -0.2) is 4.90 Å². The quantitative estimate of drug-likeness (QED) is 0.761. The number of imide groups is 1. The van der Waals surface area contributed by atoms with E-state index in [-0.39, 0.29) is 11.8 Å². The molecule has 1 saturated carbocycles. The summed E-state index contributed by atoms with van der Waals surface area (Å²) in [7, 11) is 0. The molecule has 1 heterocycles. The number of rotatable bonds is 2. The van der Waals surface area contributed by atoms with Crippen LogP contribution in [0, 0.1) is 0 Å². The van der Waals surface area contributed by atoms with E-state index >= 15 is 0 Å². The van der Waals surface area contributed by atoms with Gasteiger partial charge in [-0.05, 0) is 30.4 Å². The van der Waals surface area contributed by atoms with Crippen LogP contribution in [0.25, 0.3) is 0 Å². The number of hydrogen-bond donors (Lipinski definition) is 0. The van der Waals surface area contributed by atoms with Gasteiger partial charge < -0.3 is 0 Å². The highest BCUT2D eigenvalue weighted by atomic mass is 16.2. The van der Waals surface area contributed by atoms with Crippen LogP contribution in [0.1, 0.15) is 43.6 Å². The molecule has 98 valence electrons. The fraction of sp³-hybridized carbons (Fsp3) is 0.375. The first-order chi connectivity index (χ1) is 9.27. The van der Waals surface area contributed by atoms with Crippen LogP contribution >= 0.6 is 0 Å². The lowest BCUT2D eigenvalue weighted by molar-refractivity contribution is -0.119. The Balaban J connectivity index is 1.97. The number of benzene rings is 1. The molecule has 3 nitrogen and oxygen atoms in total. The molecule has 1 aliphatic carbocycles. The molecule has 3 heteroatoms. The van der Waals surface area contributed by atoms with Gasteiger partial charge in [0.15, 0.2) is 0 Å². The van der Waals surface area contributed by atoms with Crippen molar-refractivity contribution < 1.29 is 9.59 Å². The smallest absolute Gasteiger partial charge is 0.258 e. The zero-order valence-electron chi connectivity index (χ0n) is 10.8. The maximum Gasteiger partial charge on any atom is 0.258 e. The zero-order valence-corrected chi connectivity index (χ0v) is 10.8. The third-order valence-corrected chi connectivity index (χ3v) is 4.03. The van der Waals surface area contributed by atoms with Gasteiger partial charge in [-0.1, -0.05) is 37.5 Å². The molecular weight excluding hydrogens is 238 g/mol. The van der Waals surface area contributed by atoms with Crippen LogP contribution in [-0.4, -0.2) is 11.8 Å². The number of carbonyl (C=O) groups excluding carboxylic acids is 2. The second-order valence-corrected chi connectivity index (χ2v) is 5.24. The Labute approximate surface area is 112 Å². The summed E-state index contributed by atoms with van der Waals surface area (Å²) < 4.78 is 0. The Morgan fingerprint density at radius 3 is 2.21 bits per heavy atom. The van der Waals surface area contributed by atoms with Crippen molar-refractivity contribution in [2.75, 3.05) is 4.90 Å². The molecular formula is C16H17NO2. The molecule has 19 heavy (non-hydrogen) atoms. The van der Waals surface area contributed by atoms with Crippen molar-refractivity contribution in [3.05, 3.63) is 42.0 Å². The lowest BCUT2D eigenvalue weighted by atomic mass is 9.83. The summed E-state index contributed by atoms with van der Waals surface area (Å²) in [4.78, 5) is 25.0. The average molecular weight is 255 g/mol. The molecule has 2 aliphatic rings. The van der Waals surface area contributed by atoms with Crippen molar-refractivity contribution in [1.82, 2.24) is 0 Å². The molecule has 2 amide bonds. The zero-order chi connectivity index (χ0) is 13.2. The minimum absolute atomic E-state index is 0.228. The third-order valence-electron chi connectivity index (χ3n) is 4.03. The molecule has 0 bridgehead atoms. The first-order valence-electron chi connectivity index (χ1n) is 6.92. The summed E-state index contributed by atoms with van der Waals surface area (Å²) in [6, 6.07) is 7.82. The minimum atomic E-state index is -0.228. The van der Waals surface area contributed by atoms with E-state index in [1.54, 1.807) is 0 Å². The van der Waals surface area contributed by atoms with E-state index in [2.05, 4.69) is 6.07 Å². The van der Waals surface area contributed by atoms with Crippen molar-refractivity contribution in [1.29, 1.82) is 0 Å². The molecule has 0 aromatic heterocycles. The maximum absolute atomic E-state index is 11.8. The fourth-order valence-corrected chi connectivity index (χ4v) is 3.09. The topological polar surface area (TPSA) is 37.4 Å². The normalized spacial score (nSPS) is 20.3. The molecule has 0 unspecified atom stereocenters. The van der Waals surface area contributed by atoms with Crippen LogP contribution in [-0.2, 0) is 9.59 Å². The van der Waals surface area contributed by atoms with Crippen LogP contribution in [0.2, 0.25) is 0 Å². The van der Waals surface area contributed by atoms with Crippen LogP contribution in [0.3, 0.4) is 0 Å². The second kappa shape index (κ2) is 5.00. The number of hydrogen-bond acceptors (Lipinski definition) is 2. The highest BCUT2D eigenvalue weighted by Gasteiger charge is 2.29. The van der Waals surface area contributed by atoms with E-state index in [0.29, 0.717) is 5.92 Å². The fourth-order valence-electron chi connectivity index (χ4n) is 3.09. The number of amides is 2. The van der Waals surface area contributed by atoms with Gasteiger partial charge in [0.05, 0.1) is 5.69 Å². The SMILES string of the molecule is O=C1C=CC(=O)N1c1ccccc1C1CCCCC1. The Hall–Kier alpha value is -1.90. The predicted octanol–water partition coefficient (Wildman–Crippen LogP) is 3.16. The largest absolute Gasteiger partial charge is 0.269 e. The second-order valence-electron chi connectivity index (χ2n) is 5.24. The minimum Gasteiger partial charge on any atom is -0.269 e. The molecule has 1 aromatic rings. The van der Waals surface area contributed by atoms with Gasteiger partial charge in [-0.3, -0.25) is 9.59 Å². The molecule has 0 N–H and O–H groups in total. The van der Waals surface area contributed by atoms with E-state index in [0.717, 1.165) is 24.1 Å². The van der Waals surface area contributed by atoms with Crippen molar-refractivity contribution in [2.45, 2.75) is 38.0 Å². The maximum atomic E-state index is 11.8. The molecule has 1 fully saturated rings. The van der Waals surface area contributed by atoms with Gasteiger partial charge >= 0.3 is 0 Å². The summed E-state index contributed by atoms with van der Waals surface area (Å²) >= 11 is 0. The van der Waals surface area contributed by atoms with Crippen molar-refractivity contribution in [2.24, 2.45) is 0 Å². The van der Waals surface area contributed by atoms with E-state index in [1.807, 2.05) is 18.2 Å².